The lowest BCUT2D eigenvalue weighted by Gasteiger charge is -2.28. The Balaban J connectivity index is 1.41. The molecule has 7 nitrogen and oxygen atoms in total. The van der Waals surface area contributed by atoms with E-state index in [1.807, 2.05) is 30.3 Å². The van der Waals surface area contributed by atoms with E-state index in [1.165, 1.54) is 0 Å². The number of fused-ring (bicyclic) bond motifs is 2. The van der Waals surface area contributed by atoms with Crippen LogP contribution in [0.3, 0.4) is 0 Å². The van der Waals surface area contributed by atoms with Gasteiger partial charge in [0.25, 0.3) is 5.56 Å². The Morgan fingerprint density at radius 1 is 1.15 bits per heavy atom. The second kappa shape index (κ2) is 6.51. The summed E-state index contributed by atoms with van der Waals surface area (Å²) in [6.45, 7) is 2.37. The third-order valence-electron chi connectivity index (χ3n) is 4.97. The number of hydrogen-bond acceptors (Lipinski definition) is 6. The number of hydrogen-bond donors (Lipinski definition) is 1. The molecule has 0 amide bonds. The summed E-state index contributed by atoms with van der Waals surface area (Å²) in [5.41, 5.74) is 3.48. The first-order valence-corrected chi connectivity index (χ1v) is 8.90. The van der Waals surface area contributed by atoms with Crippen LogP contribution in [0.2, 0.25) is 0 Å². The number of aromatic amines is 1. The van der Waals surface area contributed by atoms with E-state index in [2.05, 4.69) is 19.9 Å². The molecule has 3 aromatic rings. The van der Waals surface area contributed by atoms with E-state index in [0.717, 1.165) is 46.8 Å². The molecule has 2 aliphatic heterocycles. The van der Waals surface area contributed by atoms with Crippen LogP contribution in [0.25, 0.3) is 11.4 Å². The first-order chi connectivity index (χ1) is 13.3. The van der Waals surface area contributed by atoms with Crippen molar-refractivity contribution in [2.45, 2.75) is 19.5 Å². The molecular formula is C20H18N4O3. The molecule has 0 saturated carbocycles. The van der Waals surface area contributed by atoms with E-state index in [1.54, 1.807) is 12.4 Å². The van der Waals surface area contributed by atoms with Crippen molar-refractivity contribution in [3.63, 3.8) is 0 Å². The van der Waals surface area contributed by atoms with Gasteiger partial charge in [-0.25, -0.2) is 4.98 Å². The smallest absolute Gasteiger partial charge is 0.255 e. The molecule has 5 rings (SSSR count). The molecule has 27 heavy (non-hydrogen) atoms. The summed E-state index contributed by atoms with van der Waals surface area (Å²) < 4.78 is 11.0. The number of pyridine rings is 1. The van der Waals surface area contributed by atoms with Crippen molar-refractivity contribution in [1.82, 2.24) is 19.9 Å². The highest BCUT2D eigenvalue weighted by Crippen LogP contribution is 2.36. The van der Waals surface area contributed by atoms with E-state index in [-0.39, 0.29) is 12.4 Å². The molecule has 0 atom stereocenters. The van der Waals surface area contributed by atoms with Crippen molar-refractivity contribution in [3.05, 3.63) is 69.9 Å². The van der Waals surface area contributed by atoms with Crippen LogP contribution in [-0.4, -0.2) is 33.2 Å². The molecule has 2 aliphatic rings. The lowest BCUT2D eigenvalue weighted by Crippen LogP contribution is -2.35. The van der Waals surface area contributed by atoms with Gasteiger partial charge >= 0.3 is 0 Å². The lowest BCUT2D eigenvalue weighted by molar-refractivity contribution is 0.171. The summed E-state index contributed by atoms with van der Waals surface area (Å²) in [6, 6.07) is 9.61. The molecule has 1 aromatic carbocycles. The third-order valence-corrected chi connectivity index (χ3v) is 4.97. The van der Waals surface area contributed by atoms with Crippen LogP contribution in [0.1, 0.15) is 16.8 Å². The summed E-state index contributed by atoms with van der Waals surface area (Å²) in [5, 5.41) is 0. The number of para-hydroxylation sites is 1. The first kappa shape index (κ1) is 16.0. The van der Waals surface area contributed by atoms with Gasteiger partial charge in [-0.15, -0.1) is 0 Å². The van der Waals surface area contributed by atoms with Gasteiger partial charge in [-0.2, -0.15) is 0 Å². The van der Waals surface area contributed by atoms with E-state index >= 15 is 0 Å². The van der Waals surface area contributed by atoms with Gasteiger partial charge in [0.1, 0.15) is 5.82 Å². The van der Waals surface area contributed by atoms with Gasteiger partial charge in [0.05, 0.1) is 11.3 Å². The normalized spacial score (nSPS) is 15.6. The Bertz CT molecular complexity index is 1050. The third kappa shape index (κ3) is 2.96. The molecule has 0 radical (unpaired) electrons. The van der Waals surface area contributed by atoms with E-state index < -0.39 is 0 Å². The summed E-state index contributed by atoms with van der Waals surface area (Å²) >= 11 is 0. The number of rotatable bonds is 3. The molecule has 136 valence electrons. The molecule has 0 fully saturated rings. The van der Waals surface area contributed by atoms with Crippen LogP contribution >= 0.6 is 0 Å². The highest BCUT2D eigenvalue weighted by atomic mass is 16.7. The Kier molecular flexibility index (Phi) is 3.86. The molecular weight excluding hydrogens is 344 g/mol. The lowest BCUT2D eigenvalue weighted by atomic mass is 10.0. The van der Waals surface area contributed by atoms with Gasteiger partial charge < -0.3 is 14.5 Å². The zero-order valence-corrected chi connectivity index (χ0v) is 14.6. The molecule has 0 spiro atoms. The van der Waals surface area contributed by atoms with Crippen molar-refractivity contribution in [2.75, 3.05) is 13.3 Å². The molecule has 0 unspecified atom stereocenters. The number of nitrogens with zero attached hydrogens (tertiary/aromatic N) is 3. The minimum atomic E-state index is -0.0746. The van der Waals surface area contributed by atoms with Gasteiger partial charge in [0, 0.05) is 49.6 Å². The van der Waals surface area contributed by atoms with Crippen molar-refractivity contribution in [1.29, 1.82) is 0 Å². The molecule has 1 N–H and O–H groups in total. The quantitative estimate of drug-likeness (QED) is 0.769. The molecule has 0 saturated heterocycles. The molecule has 4 heterocycles. The number of aromatic nitrogens is 3. The fourth-order valence-corrected chi connectivity index (χ4v) is 3.62. The van der Waals surface area contributed by atoms with Crippen molar-refractivity contribution < 1.29 is 9.47 Å². The minimum absolute atomic E-state index is 0.0746. The summed E-state index contributed by atoms with van der Waals surface area (Å²) in [4.78, 5) is 26.5. The van der Waals surface area contributed by atoms with Crippen LogP contribution in [0, 0.1) is 0 Å². The first-order valence-electron chi connectivity index (χ1n) is 8.90. The summed E-state index contributed by atoms with van der Waals surface area (Å²) in [6.07, 6.45) is 4.13. The number of H-pyrrole nitrogens is 1. The standard InChI is InChI=1S/C20H18N4O3/c25-20-15-11-24(10-14-2-1-3-17-18(14)27-12-26-17)9-6-16(15)22-19(23-20)13-4-7-21-8-5-13/h1-5,7-8H,6,9-12H2,(H,22,23,25). The predicted molar refractivity (Wildman–Crippen MR) is 98.5 cm³/mol. The zero-order chi connectivity index (χ0) is 18.2. The van der Waals surface area contributed by atoms with Crippen LogP contribution in [0.4, 0.5) is 0 Å². The topological polar surface area (TPSA) is 80.3 Å². The van der Waals surface area contributed by atoms with Crippen LogP contribution in [0.15, 0.2) is 47.5 Å². The average Bonchev–Trinajstić information content (AvgIpc) is 3.19. The maximum atomic E-state index is 12.7. The van der Waals surface area contributed by atoms with E-state index in [9.17, 15) is 4.79 Å². The van der Waals surface area contributed by atoms with E-state index in [0.29, 0.717) is 18.9 Å². The van der Waals surface area contributed by atoms with Gasteiger partial charge in [-0.3, -0.25) is 14.7 Å². The largest absolute Gasteiger partial charge is 0.454 e. The average molecular weight is 362 g/mol. The van der Waals surface area contributed by atoms with Crippen LogP contribution in [-0.2, 0) is 19.5 Å². The van der Waals surface area contributed by atoms with Gasteiger partial charge in [0.15, 0.2) is 11.5 Å². The maximum Gasteiger partial charge on any atom is 0.255 e. The number of nitrogens with one attached hydrogen (secondary N) is 1. The Morgan fingerprint density at radius 2 is 2.04 bits per heavy atom. The van der Waals surface area contributed by atoms with E-state index in [4.69, 9.17) is 9.47 Å². The minimum Gasteiger partial charge on any atom is -0.454 e. The highest BCUT2D eigenvalue weighted by molar-refractivity contribution is 5.54. The van der Waals surface area contributed by atoms with Crippen LogP contribution < -0.4 is 15.0 Å². The van der Waals surface area contributed by atoms with Crippen molar-refractivity contribution >= 4 is 0 Å². The summed E-state index contributed by atoms with van der Waals surface area (Å²) in [7, 11) is 0. The second-order valence-corrected chi connectivity index (χ2v) is 6.69. The molecule has 7 heteroatoms. The molecule has 0 bridgehead atoms. The second-order valence-electron chi connectivity index (χ2n) is 6.69. The maximum absolute atomic E-state index is 12.7. The Labute approximate surface area is 155 Å². The van der Waals surface area contributed by atoms with Gasteiger partial charge in [-0.05, 0) is 18.2 Å². The number of benzene rings is 1. The van der Waals surface area contributed by atoms with Gasteiger partial charge in [0.2, 0.25) is 6.79 Å². The Hall–Kier alpha value is -3.19. The fraction of sp³-hybridized carbons (Fsp3) is 0.250. The number of ether oxygens (including phenoxy) is 2. The fourth-order valence-electron chi connectivity index (χ4n) is 3.62. The Morgan fingerprint density at radius 3 is 2.93 bits per heavy atom. The highest BCUT2D eigenvalue weighted by Gasteiger charge is 2.24. The molecule has 0 aliphatic carbocycles. The van der Waals surface area contributed by atoms with Gasteiger partial charge in [-0.1, -0.05) is 12.1 Å². The SMILES string of the molecule is O=c1[nH]c(-c2ccncc2)nc2c1CN(Cc1cccc3c1OCO3)CC2. The summed E-state index contributed by atoms with van der Waals surface area (Å²) in [5.74, 6) is 2.19. The van der Waals surface area contributed by atoms with Crippen LogP contribution in [0.5, 0.6) is 11.5 Å². The van der Waals surface area contributed by atoms with Crippen molar-refractivity contribution in [3.8, 4) is 22.9 Å². The molecule has 2 aromatic heterocycles. The predicted octanol–water partition coefficient (Wildman–Crippen LogP) is 2.12. The van der Waals surface area contributed by atoms with Crippen molar-refractivity contribution in [2.24, 2.45) is 0 Å². The zero-order valence-electron chi connectivity index (χ0n) is 14.6. The monoisotopic (exact) mass is 362 g/mol.